The van der Waals surface area contributed by atoms with E-state index in [1.165, 1.54) is 44.9 Å². The lowest BCUT2D eigenvalue weighted by atomic mass is 10.1. The van der Waals surface area contributed by atoms with Crippen molar-refractivity contribution in [1.82, 2.24) is 0 Å². The van der Waals surface area contributed by atoms with Crippen molar-refractivity contribution in [3.63, 3.8) is 0 Å². The summed E-state index contributed by atoms with van der Waals surface area (Å²) in [6.07, 6.45) is 18.5. The largest absolute Gasteiger partial charge is 0.396 e. The van der Waals surface area contributed by atoms with Crippen molar-refractivity contribution in [1.29, 1.82) is 0 Å². The Morgan fingerprint density at radius 2 is 1.40 bits per heavy atom. The van der Waals surface area contributed by atoms with Crippen LogP contribution in [0.5, 0.6) is 0 Å². The van der Waals surface area contributed by atoms with Crippen molar-refractivity contribution in [2.24, 2.45) is 0 Å². The molecule has 0 heterocycles. The summed E-state index contributed by atoms with van der Waals surface area (Å²) < 4.78 is 0. The molecule has 0 bridgehead atoms. The van der Waals surface area contributed by atoms with E-state index in [0.29, 0.717) is 6.61 Å². The summed E-state index contributed by atoms with van der Waals surface area (Å²) in [5.41, 5.74) is 0. The van der Waals surface area contributed by atoms with Crippen molar-refractivity contribution in [2.45, 2.75) is 58.3 Å². The number of rotatable bonds is 10. The van der Waals surface area contributed by atoms with Gasteiger partial charge < -0.3 is 5.11 Å². The van der Waals surface area contributed by atoms with E-state index in [2.05, 4.69) is 24.3 Å². The first-order valence-electron chi connectivity index (χ1n) is 6.30. The Kier molecular flexibility index (Phi) is 12.9. The van der Waals surface area contributed by atoms with Gasteiger partial charge in [0.15, 0.2) is 0 Å². The number of aliphatic hydroxyl groups is 1. The number of allylic oxidation sites excluding steroid dienone is 4. The molecule has 0 aromatic rings. The molecule has 0 spiro atoms. The van der Waals surface area contributed by atoms with Crippen LogP contribution in [-0.2, 0) is 0 Å². The third-order valence-corrected chi connectivity index (χ3v) is 2.47. The van der Waals surface area contributed by atoms with Gasteiger partial charge in [0.05, 0.1) is 0 Å². The van der Waals surface area contributed by atoms with Gasteiger partial charge >= 0.3 is 0 Å². The minimum atomic E-state index is 0.357. The average molecular weight is 210 g/mol. The molecule has 0 fully saturated rings. The lowest BCUT2D eigenvalue weighted by Gasteiger charge is -1.99. The van der Waals surface area contributed by atoms with Crippen LogP contribution in [0.15, 0.2) is 24.3 Å². The number of aliphatic hydroxyl groups excluding tert-OH is 1. The molecule has 0 amide bonds. The summed E-state index contributed by atoms with van der Waals surface area (Å²) in [4.78, 5) is 0. The monoisotopic (exact) mass is 210 g/mol. The highest BCUT2D eigenvalue weighted by Gasteiger charge is 1.90. The highest BCUT2D eigenvalue weighted by molar-refractivity contribution is 5.00. The van der Waals surface area contributed by atoms with E-state index in [4.69, 9.17) is 5.11 Å². The van der Waals surface area contributed by atoms with Crippen LogP contribution in [0.1, 0.15) is 58.3 Å². The zero-order valence-corrected chi connectivity index (χ0v) is 10.1. The molecular weight excluding hydrogens is 184 g/mol. The van der Waals surface area contributed by atoms with E-state index in [1.54, 1.807) is 0 Å². The van der Waals surface area contributed by atoms with Gasteiger partial charge in [-0.25, -0.2) is 0 Å². The van der Waals surface area contributed by atoms with E-state index in [9.17, 15) is 0 Å². The smallest absolute Gasteiger partial charge is 0.0431 e. The second-order valence-corrected chi connectivity index (χ2v) is 3.94. The Morgan fingerprint density at radius 3 is 2.00 bits per heavy atom. The SMILES string of the molecule is C/C=C/C=C\CCCCCCCCCO. The maximum atomic E-state index is 8.60. The summed E-state index contributed by atoms with van der Waals surface area (Å²) in [5, 5.41) is 8.60. The van der Waals surface area contributed by atoms with Gasteiger partial charge in [0.1, 0.15) is 0 Å². The molecule has 0 aromatic heterocycles. The Labute approximate surface area is 94.9 Å². The molecule has 0 aliphatic heterocycles. The third-order valence-electron chi connectivity index (χ3n) is 2.47. The van der Waals surface area contributed by atoms with Gasteiger partial charge in [0, 0.05) is 6.61 Å². The lowest BCUT2D eigenvalue weighted by molar-refractivity contribution is 0.282. The average Bonchev–Trinajstić information content (AvgIpc) is 2.26. The number of unbranched alkanes of at least 4 members (excludes halogenated alkanes) is 7. The lowest BCUT2D eigenvalue weighted by Crippen LogP contribution is -1.83. The number of hydrogen-bond donors (Lipinski definition) is 1. The first kappa shape index (κ1) is 14.4. The Morgan fingerprint density at radius 1 is 0.800 bits per heavy atom. The molecule has 0 radical (unpaired) electrons. The molecule has 88 valence electrons. The Hall–Kier alpha value is -0.560. The maximum Gasteiger partial charge on any atom is 0.0431 e. The topological polar surface area (TPSA) is 20.2 Å². The highest BCUT2D eigenvalue weighted by Crippen LogP contribution is 2.08. The van der Waals surface area contributed by atoms with Crippen LogP contribution in [-0.4, -0.2) is 11.7 Å². The molecule has 0 aromatic carbocycles. The minimum absolute atomic E-state index is 0.357. The van der Waals surface area contributed by atoms with Gasteiger partial charge in [-0.3, -0.25) is 0 Å². The predicted molar refractivity (Wildman–Crippen MR) is 68.0 cm³/mol. The summed E-state index contributed by atoms with van der Waals surface area (Å²) in [5.74, 6) is 0. The van der Waals surface area contributed by atoms with Crippen molar-refractivity contribution < 1.29 is 5.11 Å². The van der Waals surface area contributed by atoms with Gasteiger partial charge in [0.25, 0.3) is 0 Å². The molecule has 0 atom stereocenters. The third kappa shape index (κ3) is 13.4. The normalized spacial score (nSPS) is 11.9. The second-order valence-electron chi connectivity index (χ2n) is 3.94. The molecule has 0 aliphatic rings. The highest BCUT2D eigenvalue weighted by atomic mass is 16.2. The van der Waals surface area contributed by atoms with Crippen LogP contribution in [0.25, 0.3) is 0 Å². The van der Waals surface area contributed by atoms with Gasteiger partial charge in [-0.2, -0.15) is 0 Å². The molecule has 0 saturated carbocycles. The van der Waals surface area contributed by atoms with Crippen LogP contribution in [0, 0.1) is 0 Å². The zero-order valence-electron chi connectivity index (χ0n) is 10.1. The molecule has 1 heteroatoms. The van der Waals surface area contributed by atoms with Gasteiger partial charge in [-0.1, -0.05) is 56.4 Å². The van der Waals surface area contributed by atoms with Crippen LogP contribution in [0.2, 0.25) is 0 Å². The first-order chi connectivity index (χ1) is 7.41. The molecule has 1 N–H and O–H groups in total. The van der Waals surface area contributed by atoms with Crippen LogP contribution >= 0.6 is 0 Å². The minimum Gasteiger partial charge on any atom is -0.396 e. The summed E-state index contributed by atoms with van der Waals surface area (Å²) in [6.45, 7) is 2.40. The van der Waals surface area contributed by atoms with Crippen LogP contribution in [0.3, 0.4) is 0 Å². The van der Waals surface area contributed by atoms with Crippen molar-refractivity contribution >= 4 is 0 Å². The zero-order chi connectivity index (χ0) is 11.2. The van der Waals surface area contributed by atoms with E-state index < -0.39 is 0 Å². The van der Waals surface area contributed by atoms with Gasteiger partial charge in [-0.15, -0.1) is 0 Å². The van der Waals surface area contributed by atoms with Crippen molar-refractivity contribution in [3.05, 3.63) is 24.3 Å². The molecule has 1 nitrogen and oxygen atoms in total. The van der Waals surface area contributed by atoms with Gasteiger partial charge in [-0.05, 0) is 26.2 Å². The molecular formula is C14H26O. The van der Waals surface area contributed by atoms with Crippen LogP contribution < -0.4 is 0 Å². The van der Waals surface area contributed by atoms with Crippen molar-refractivity contribution in [3.8, 4) is 0 Å². The molecule has 15 heavy (non-hydrogen) atoms. The predicted octanol–water partition coefficient (Wildman–Crippen LogP) is 4.23. The second kappa shape index (κ2) is 13.4. The summed E-state index contributed by atoms with van der Waals surface area (Å²) in [7, 11) is 0. The maximum absolute atomic E-state index is 8.60. The van der Waals surface area contributed by atoms with Gasteiger partial charge in [0.2, 0.25) is 0 Å². The van der Waals surface area contributed by atoms with E-state index in [1.807, 2.05) is 6.92 Å². The van der Waals surface area contributed by atoms with E-state index >= 15 is 0 Å². The first-order valence-corrected chi connectivity index (χ1v) is 6.30. The fourth-order valence-electron chi connectivity index (χ4n) is 1.54. The Bertz CT molecular complexity index is 159. The van der Waals surface area contributed by atoms with E-state index in [0.717, 1.165) is 6.42 Å². The fourth-order valence-corrected chi connectivity index (χ4v) is 1.54. The number of hydrogen-bond acceptors (Lipinski definition) is 1. The quantitative estimate of drug-likeness (QED) is 0.422. The molecule has 0 saturated heterocycles. The fraction of sp³-hybridized carbons (Fsp3) is 0.714. The summed E-state index contributed by atoms with van der Waals surface area (Å²) >= 11 is 0. The molecule has 0 aliphatic carbocycles. The standard InChI is InChI=1S/C14H26O/c1-2-3-4-5-6-7-8-9-10-11-12-13-14-15/h2-5,15H,6-14H2,1H3/b3-2+,5-4-. The Balaban J connectivity index is 2.98. The van der Waals surface area contributed by atoms with Crippen molar-refractivity contribution in [2.75, 3.05) is 6.61 Å². The summed E-state index contributed by atoms with van der Waals surface area (Å²) in [6, 6.07) is 0. The molecule has 0 unspecified atom stereocenters. The van der Waals surface area contributed by atoms with Crippen LogP contribution in [0.4, 0.5) is 0 Å². The molecule has 0 rings (SSSR count). The van der Waals surface area contributed by atoms with E-state index in [-0.39, 0.29) is 0 Å².